The molecule has 6 heteroatoms. The fourth-order valence-electron chi connectivity index (χ4n) is 8.85. The van der Waals surface area contributed by atoms with Crippen molar-refractivity contribution in [2.75, 3.05) is 0 Å². The van der Waals surface area contributed by atoms with E-state index in [-0.39, 0.29) is 12.1 Å². The number of nitrogens with zero attached hydrogens (tertiary/aromatic N) is 2. The Kier molecular flexibility index (Phi) is 13.2. The molecule has 0 spiro atoms. The highest BCUT2D eigenvalue weighted by molar-refractivity contribution is 7.85. The fraction of sp³-hybridized carbons (Fsp3) is 0.0526. The predicted octanol–water partition coefficient (Wildman–Crippen LogP) is 12.0. The molecule has 0 N–H and O–H groups in total. The lowest BCUT2D eigenvalue weighted by Crippen LogP contribution is -2.35. The third-order valence-electron chi connectivity index (χ3n) is 11.5. The van der Waals surface area contributed by atoms with Crippen molar-refractivity contribution in [1.29, 1.82) is 0 Å². The van der Waals surface area contributed by atoms with Crippen LogP contribution in [0.5, 0.6) is 0 Å². The molecule has 0 saturated carbocycles. The monoisotopic (exact) mass is 884 g/mol. The van der Waals surface area contributed by atoms with Crippen molar-refractivity contribution in [3.63, 3.8) is 0 Å². The van der Waals surface area contributed by atoms with Crippen LogP contribution in [-0.4, -0.2) is 8.88 Å². The normalized spacial score (nSPS) is 14.8. The van der Waals surface area contributed by atoms with Gasteiger partial charge in [-0.25, -0.2) is 8.88 Å². The van der Waals surface area contributed by atoms with Gasteiger partial charge in [-0.05, 0) is 60.0 Å². The number of benzene rings is 9. The SMILES string of the molecule is c1ccc(P(c2ccccc2)N(C2CC(N(P(c3ccccc3)c3ccccc3)P(c3ccccc3)c3ccccc3)c3ccccc32)P(c2ccccc2)c2ccccc2)cc1. The lowest BCUT2D eigenvalue weighted by Gasteiger charge is -2.45. The molecule has 2 nitrogen and oxygen atoms in total. The Morgan fingerprint density at radius 2 is 0.381 bits per heavy atom. The van der Waals surface area contributed by atoms with E-state index >= 15 is 0 Å². The molecular weight excluding hydrogens is 837 g/mol. The second kappa shape index (κ2) is 20.0. The molecule has 2 unspecified atom stereocenters. The zero-order chi connectivity index (χ0) is 42.2. The molecule has 9 aromatic rings. The minimum absolute atomic E-state index is 0.0959. The molecule has 0 saturated heterocycles. The summed E-state index contributed by atoms with van der Waals surface area (Å²) in [5, 5.41) is 10.9. The molecule has 0 fully saturated rings. The lowest BCUT2D eigenvalue weighted by molar-refractivity contribution is 0.422. The van der Waals surface area contributed by atoms with E-state index in [1.165, 1.54) is 53.6 Å². The second-order valence-corrected chi connectivity index (χ2v) is 24.4. The van der Waals surface area contributed by atoms with Crippen molar-refractivity contribution < 1.29 is 0 Å². The average molecular weight is 885 g/mol. The van der Waals surface area contributed by atoms with Crippen LogP contribution in [-0.2, 0) is 0 Å². The van der Waals surface area contributed by atoms with E-state index in [4.69, 9.17) is 0 Å². The van der Waals surface area contributed by atoms with Crippen LogP contribution in [0.2, 0.25) is 0 Å². The van der Waals surface area contributed by atoms with Crippen molar-refractivity contribution >= 4 is 74.7 Å². The maximum Gasteiger partial charge on any atom is 0.0458 e. The molecule has 10 rings (SSSR count). The van der Waals surface area contributed by atoms with Gasteiger partial charge in [-0.3, -0.25) is 0 Å². The molecule has 1 aliphatic rings. The van der Waals surface area contributed by atoms with Crippen LogP contribution in [0.25, 0.3) is 0 Å². The predicted molar refractivity (Wildman–Crippen MR) is 277 cm³/mol. The number of fused-ring (bicyclic) bond motifs is 1. The average Bonchev–Trinajstić information content (AvgIpc) is 3.75. The minimum atomic E-state index is -1.03. The summed E-state index contributed by atoms with van der Waals surface area (Å²) in [4.78, 5) is 0. The second-order valence-electron chi connectivity index (χ2n) is 15.5. The van der Waals surface area contributed by atoms with Crippen molar-refractivity contribution in [2.45, 2.75) is 18.5 Å². The fourth-order valence-corrected chi connectivity index (χ4v) is 21.5. The summed E-state index contributed by atoms with van der Waals surface area (Å²) in [6.45, 7) is 0. The molecule has 2 atom stereocenters. The van der Waals surface area contributed by atoms with Crippen LogP contribution in [0, 0.1) is 0 Å². The van der Waals surface area contributed by atoms with Gasteiger partial charge in [0.15, 0.2) is 0 Å². The Labute approximate surface area is 378 Å². The molecule has 0 radical (unpaired) electrons. The summed E-state index contributed by atoms with van der Waals surface area (Å²) in [6, 6.07) is 101. The van der Waals surface area contributed by atoms with Crippen molar-refractivity contribution in [2.24, 2.45) is 0 Å². The van der Waals surface area contributed by atoms with Gasteiger partial charge in [0.2, 0.25) is 0 Å². The topological polar surface area (TPSA) is 6.48 Å². The molecule has 63 heavy (non-hydrogen) atoms. The van der Waals surface area contributed by atoms with E-state index in [9.17, 15) is 0 Å². The molecular formula is C57H48N2P4. The van der Waals surface area contributed by atoms with Crippen LogP contribution >= 0.6 is 32.3 Å². The first kappa shape index (κ1) is 41.6. The summed E-state index contributed by atoms with van der Waals surface area (Å²) in [5.41, 5.74) is 2.86. The maximum absolute atomic E-state index is 3.01. The van der Waals surface area contributed by atoms with Gasteiger partial charge in [-0.15, -0.1) is 0 Å². The molecule has 9 aromatic carbocycles. The molecule has 306 valence electrons. The van der Waals surface area contributed by atoms with Gasteiger partial charge in [0.05, 0.1) is 0 Å². The lowest BCUT2D eigenvalue weighted by atomic mass is 10.1. The van der Waals surface area contributed by atoms with E-state index in [1.807, 2.05) is 0 Å². The van der Waals surface area contributed by atoms with E-state index < -0.39 is 32.3 Å². The van der Waals surface area contributed by atoms with Crippen LogP contribution in [0.15, 0.2) is 267 Å². The van der Waals surface area contributed by atoms with Gasteiger partial charge in [0.1, 0.15) is 0 Å². The minimum Gasteiger partial charge on any atom is -0.237 e. The summed E-state index contributed by atoms with van der Waals surface area (Å²) in [6.07, 6.45) is 0.938. The first-order valence-electron chi connectivity index (χ1n) is 21.6. The van der Waals surface area contributed by atoms with Crippen LogP contribution in [0.3, 0.4) is 0 Å². The Morgan fingerprint density at radius 1 is 0.222 bits per heavy atom. The van der Waals surface area contributed by atoms with Crippen LogP contribution in [0.4, 0.5) is 0 Å². The Bertz CT molecular complexity index is 2270. The quantitative estimate of drug-likeness (QED) is 0.100. The zero-order valence-corrected chi connectivity index (χ0v) is 38.5. The summed E-state index contributed by atoms with van der Waals surface area (Å²) < 4.78 is 6.02. The van der Waals surface area contributed by atoms with Gasteiger partial charge in [-0.2, -0.15) is 0 Å². The molecule has 0 amide bonds. The van der Waals surface area contributed by atoms with Gasteiger partial charge < -0.3 is 0 Å². The highest BCUT2D eigenvalue weighted by atomic mass is 31.2. The van der Waals surface area contributed by atoms with Crippen molar-refractivity contribution in [3.8, 4) is 0 Å². The highest BCUT2D eigenvalue weighted by Gasteiger charge is 2.48. The van der Waals surface area contributed by atoms with Gasteiger partial charge in [0.25, 0.3) is 0 Å². The van der Waals surface area contributed by atoms with Crippen LogP contribution in [0.1, 0.15) is 29.6 Å². The Morgan fingerprint density at radius 3 is 0.556 bits per heavy atom. The third-order valence-corrected chi connectivity index (χ3v) is 22.7. The van der Waals surface area contributed by atoms with Crippen molar-refractivity contribution in [1.82, 2.24) is 8.88 Å². The largest absolute Gasteiger partial charge is 0.237 e. The van der Waals surface area contributed by atoms with Crippen LogP contribution < -0.4 is 42.4 Å². The van der Waals surface area contributed by atoms with Crippen molar-refractivity contribution in [3.05, 3.63) is 278 Å². The zero-order valence-electron chi connectivity index (χ0n) is 34.9. The van der Waals surface area contributed by atoms with E-state index in [0.29, 0.717) is 0 Å². The van der Waals surface area contributed by atoms with E-state index in [0.717, 1.165) is 6.42 Å². The molecule has 0 aliphatic heterocycles. The van der Waals surface area contributed by atoms with E-state index in [1.54, 1.807) is 0 Å². The first-order valence-corrected chi connectivity index (χ1v) is 26.8. The summed E-state index contributed by atoms with van der Waals surface area (Å²) >= 11 is 0. The highest BCUT2D eigenvalue weighted by Crippen LogP contribution is 2.68. The van der Waals surface area contributed by atoms with E-state index in [2.05, 4.69) is 276 Å². The number of rotatable bonds is 14. The smallest absolute Gasteiger partial charge is 0.0458 e. The first-order chi connectivity index (χ1) is 31.3. The summed E-state index contributed by atoms with van der Waals surface area (Å²) in [5.74, 6) is 0. The van der Waals surface area contributed by atoms with Gasteiger partial charge in [-0.1, -0.05) is 267 Å². The standard InChI is InChI=1S/C57H48N2P4/c1-9-27-46(28-10-1)60(47-29-11-2-12-30-47)58(61(48-31-13-3-14-32-48)49-33-15-4-16-34-49)56-45-57(55-44-26-25-43-54(55)56)59(62(50-35-17-5-18-36-50)51-37-19-6-20-38-51)63(52-39-21-7-22-40-52)53-41-23-8-24-42-53/h1-44,56-57H,45H2. The maximum atomic E-state index is 3.01. The summed E-state index contributed by atoms with van der Waals surface area (Å²) in [7, 11) is -4.11. The number of hydrogen-bond donors (Lipinski definition) is 0. The van der Waals surface area contributed by atoms with Gasteiger partial charge >= 0.3 is 0 Å². The molecule has 0 aromatic heterocycles. The Balaban J connectivity index is 1.25. The molecule has 1 aliphatic carbocycles. The molecule has 0 heterocycles. The van der Waals surface area contributed by atoms with Gasteiger partial charge in [0, 0.05) is 44.4 Å². The number of hydrogen-bond acceptors (Lipinski definition) is 2. The third kappa shape index (κ3) is 8.92. The molecule has 0 bridgehead atoms. The Hall–Kier alpha value is -5.38.